The predicted molar refractivity (Wildman–Crippen MR) is 88.4 cm³/mol. The van der Waals surface area contributed by atoms with Crippen LogP contribution >= 0.6 is 11.3 Å². The number of aromatic hydroxyl groups is 1. The second kappa shape index (κ2) is 5.44. The van der Waals surface area contributed by atoms with Crippen molar-refractivity contribution < 1.29 is 19.4 Å². The zero-order chi connectivity index (χ0) is 15.8. The van der Waals surface area contributed by atoms with Crippen LogP contribution in [0.2, 0.25) is 0 Å². The number of carbonyl (C=O) groups excluding carboxylic acids is 1. The molecular weight excluding hydrogens is 312 g/mol. The first-order valence-electron chi connectivity index (χ1n) is 7.02. The average Bonchev–Trinajstić information content (AvgIpc) is 3.22. The van der Waals surface area contributed by atoms with E-state index >= 15 is 0 Å². The summed E-state index contributed by atoms with van der Waals surface area (Å²) in [5.41, 5.74) is 3.29. The number of fused-ring (bicyclic) bond motifs is 1. The molecule has 114 valence electrons. The maximum Gasteiger partial charge on any atom is 0.231 e. The van der Waals surface area contributed by atoms with E-state index < -0.39 is 0 Å². The fourth-order valence-corrected chi connectivity index (χ4v) is 3.56. The van der Waals surface area contributed by atoms with Crippen molar-refractivity contribution in [2.24, 2.45) is 0 Å². The van der Waals surface area contributed by atoms with Crippen molar-refractivity contribution in [2.75, 3.05) is 6.79 Å². The number of carbonyl (C=O) groups is 1. The van der Waals surface area contributed by atoms with Crippen molar-refractivity contribution in [3.8, 4) is 38.8 Å². The van der Waals surface area contributed by atoms with Gasteiger partial charge in [-0.3, -0.25) is 4.79 Å². The summed E-state index contributed by atoms with van der Waals surface area (Å²) < 4.78 is 10.8. The molecule has 0 atom stereocenters. The second-order valence-electron chi connectivity index (χ2n) is 5.16. The minimum absolute atomic E-state index is 0.0784. The van der Waals surface area contributed by atoms with Crippen LogP contribution in [0, 0.1) is 0 Å². The topological polar surface area (TPSA) is 55.8 Å². The number of phenols is 1. The van der Waals surface area contributed by atoms with Crippen molar-refractivity contribution in [2.45, 2.75) is 0 Å². The minimum atomic E-state index is 0.0784. The first-order valence-corrected chi connectivity index (χ1v) is 7.90. The van der Waals surface area contributed by atoms with Gasteiger partial charge in [-0.05, 0) is 52.9 Å². The SMILES string of the molecule is O=Cc1cc(O)cc(-c2sccc2-c2ccc3c(c2)OCO3)c1. The lowest BCUT2D eigenvalue weighted by atomic mass is 10.0. The van der Waals surface area contributed by atoms with E-state index in [-0.39, 0.29) is 12.5 Å². The molecule has 2 aromatic carbocycles. The number of rotatable bonds is 3. The van der Waals surface area contributed by atoms with Crippen LogP contribution in [-0.4, -0.2) is 18.2 Å². The third-order valence-corrected chi connectivity index (χ3v) is 4.65. The van der Waals surface area contributed by atoms with Crippen LogP contribution in [0.1, 0.15) is 10.4 Å². The number of phenolic OH excluding ortho intramolecular Hbond substituents is 1. The number of hydrogen-bond donors (Lipinski definition) is 1. The zero-order valence-electron chi connectivity index (χ0n) is 12.0. The molecule has 0 fully saturated rings. The molecule has 0 saturated heterocycles. The lowest BCUT2D eigenvalue weighted by Crippen LogP contribution is -1.92. The summed E-state index contributed by atoms with van der Waals surface area (Å²) in [7, 11) is 0. The largest absolute Gasteiger partial charge is 0.508 e. The Labute approximate surface area is 136 Å². The van der Waals surface area contributed by atoms with Gasteiger partial charge in [0.15, 0.2) is 11.5 Å². The highest BCUT2D eigenvalue weighted by Crippen LogP contribution is 2.42. The van der Waals surface area contributed by atoms with Crippen LogP contribution in [0.15, 0.2) is 47.8 Å². The summed E-state index contributed by atoms with van der Waals surface area (Å²) in [5.74, 6) is 1.55. The van der Waals surface area contributed by atoms with E-state index in [0.29, 0.717) is 5.56 Å². The molecule has 1 aliphatic rings. The van der Waals surface area contributed by atoms with Gasteiger partial charge in [0.05, 0.1) is 0 Å². The molecule has 0 bridgehead atoms. The van der Waals surface area contributed by atoms with E-state index in [1.807, 2.05) is 29.6 Å². The first-order chi connectivity index (χ1) is 11.2. The molecule has 5 heteroatoms. The fourth-order valence-electron chi connectivity index (χ4n) is 2.66. The Morgan fingerprint density at radius 2 is 1.87 bits per heavy atom. The molecule has 0 radical (unpaired) electrons. The molecule has 4 nitrogen and oxygen atoms in total. The highest BCUT2D eigenvalue weighted by molar-refractivity contribution is 7.14. The lowest BCUT2D eigenvalue weighted by Gasteiger charge is -2.07. The summed E-state index contributed by atoms with van der Waals surface area (Å²) in [4.78, 5) is 12.0. The number of hydrogen-bond acceptors (Lipinski definition) is 5. The molecule has 3 aromatic rings. The normalized spacial score (nSPS) is 12.3. The van der Waals surface area contributed by atoms with Crippen LogP contribution in [0.5, 0.6) is 17.2 Å². The quantitative estimate of drug-likeness (QED) is 0.729. The van der Waals surface area contributed by atoms with Crippen LogP contribution in [0.4, 0.5) is 0 Å². The Hall–Kier alpha value is -2.79. The van der Waals surface area contributed by atoms with Crippen LogP contribution in [0.25, 0.3) is 21.6 Å². The second-order valence-corrected chi connectivity index (χ2v) is 6.08. The molecule has 1 aliphatic heterocycles. The molecule has 2 heterocycles. The van der Waals surface area contributed by atoms with E-state index in [1.165, 1.54) is 6.07 Å². The number of ether oxygens (including phenoxy) is 2. The number of benzene rings is 2. The van der Waals surface area contributed by atoms with Crippen LogP contribution in [0.3, 0.4) is 0 Å². The van der Waals surface area contributed by atoms with Gasteiger partial charge < -0.3 is 14.6 Å². The Bertz CT molecular complexity index is 898. The van der Waals surface area contributed by atoms with Gasteiger partial charge in [-0.1, -0.05) is 6.07 Å². The maximum absolute atomic E-state index is 11.0. The van der Waals surface area contributed by atoms with Gasteiger partial charge in [0.2, 0.25) is 6.79 Å². The molecule has 0 saturated carbocycles. The highest BCUT2D eigenvalue weighted by Gasteiger charge is 2.16. The van der Waals surface area contributed by atoms with E-state index in [1.54, 1.807) is 23.5 Å². The minimum Gasteiger partial charge on any atom is -0.508 e. The van der Waals surface area contributed by atoms with Gasteiger partial charge in [-0.2, -0.15) is 0 Å². The zero-order valence-corrected chi connectivity index (χ0v) is 12.8. The molecule has 1 N–H and O–H groups in total. The maximum atomic E-state index is 11.0. The van der Waals surface area contributed by atoms with Gasteiger partial charge in [0.1, 0.15) is 12.0 Å². The summed E-state index contributed by atoms with van der Waals surface area (Å²) >= 11 is 1.56. The Morgan fingerprint density at radius 3 is 2.74 bits per heavy atom. The van der Waals surface area contributed by atoms with Crippen molar-refractivity contribution in [3.05, 3.63) is 53.4 Å². The highest BCUT2D eigenvalue weighted by atomic mass is 32.1. The third-order valence-electron chi connectivity index (χ3n) is 3.69. The molecule has 0 aliphatic carbocycles. The number of thiophene rings is 1. The molecule has 23 heavy (non-hydrogen) atoms. The number of aldehydes is 1. The van der Waals surface area contributed by atoms with Crippen LogP contribution in [-0.2, 0) is 0 Å². The summed E-state index contributed by atoms with van der Waals surface area (Å²) in [6, 6.07) is 12.7. The van der Waals surface area contributed by atoms with Crippen molar-refractivity contribution in [1.29, 1.82) is 0 Å². The summed E-state index contributed by atoms with van der Waals surface area (Å²) in [6.45, 7) is 0.241. The van der Waals surface area contributed by atoms with Crippen LogP contribution < -0.4 is 9.47 Å². The summed E-state index contributed by atoms with van der Waals surface area (Å²) in [5, 5.41) is 11.8. The molecule has 0 spiro atoms. The van der Waals surface area contributed by atoms with Gasteiger partial charge in [-0.25, -0.2) is 0 Å². The predicted octanol–water partition coefficient (Wildman–Crippen LogP) is 4.33. The van der Waals surface area contributed by atoms with Gasteiger partial charge in [-0.15, -0.1) is 11.3 Å². The molecule has 1 aromatic heterocycles. The Kier molecular flexibility index (Phi) is 3.28. The van der Waals surface area contributed by atoms with E-state index in [9.17, 15) is 9.90 Å². The lowest BCUT2D eigenvalue weighted by molar-refractivity contribution is 0.112. The Balaban J connectivity index is 1.83. The average molecular weight is 324 g/mol. The fraction of sp³-hybridized carbons (Fsp3) is 0.0556. The third kappa shape index (κ3) is 2.45. The standard InChI is InChI=1S/C18H12O4S/c19-9-11-5-13(7-14(20)6-11)18-15(3-4-23-18)12-1-2-16-17(8-12)22-10-21-16/h1-9,20H,10H2. The molecule has 0 unspecified atom stereocenters. The van der Waals surface area contributed by atoms with Crippen molar-refractivity contribution >= 4 is 17.6 Å². The summed E-state index contributed by atoms with van der Waals surface area (Å²) in [6.07, 6.45) is 0.733. The molecular formula is C18H12O4S. The van der Waals surface area contributed by atoms with Gasteiger partial charge in [0.25, 0.3) is 0 Å². The first kappa shape index (κ1) is 13.8. The van der Waals surface area contributed by atoms with Crippen molar-refractivity contribution in [3.63, 3.8) is 0 Å². The Morgan fingerprint density at radius 1 is 1.00 bits per heavy atom. The van der Waals surface area contributed by atoms with E-state index in [4.69, 9.17) is 9.47 Å². The van der Waals surface area contributed by atoms with Gasteiger partial charge in [0, 0.05) is 16.0 Å². The van der Waals surface area contributed by atoms with E-state index in [2.05, 4.69) is 0 Å². The molecule has 4 rings (SSSR count). The molecule has 0 amide bonds. The van der Waals surface area contributed by atoms with Gasteiger partial charge >= 0.3 is 0 Å². The van der Waals surface area contributed by atoms with Crippen molar-refractivity contribution in [1.82, 2.24) is 0 Å². The smallest absolute Gasteiger partial charge is 0.231 e. The monoisotopic (exact) mass is 324 g/mol. The van der Waals surface area contributed by atoms with E-state index in [0.717, 1.165) is 39.4 Å².